The lowest BCUT2D eigenvalue weighted by Gasteiger charge is -2.27. The molecule has 0 fully saturated rings. The van der Waals surface area contributed by atoms with Crippen molar-refractivity contribution in [2.24, 2.45) is 0 Å². The second kappa shape index (κ2) is 6.22. The van der Waals surface area contributed by atoms with Gasteiger partial charge in [0, 0.05) is 13.1 Å². The van der Waals surface area contributed by atoms with E-state index in [2.05, 4.69) is 10.6 Å². The first-order chi connectivity index (χ1) is 6.02. The number of hydrogen-bond acceptors (Lipinski definition) is 7. The van der Waals surface area contributed by atoms with Gasteiger partial charge >= 0.3 is 5.97 Å². The highest BCUT2D eigenvalue weighted by Crippen LogP contribution is 1.97. The third-order valence-electron chi connectivity index (χ3n) is 1.31. The maximum atomic E-state index is 8.75. The number of hydrogen-bond donors (Lipinski definition) is 7. The summed E-state index contributed by atoms with van der Waals surface area (Å²) in [6, 6.07) is 0. The SMILES string of the molecule is OCCNC(NCCO)C(O)(O)O. The molecule has 0 aromatic carbocycles. The van der Waals surface area contributed by atoms with Crippen molar-refractivity contribution >= 4 is 0 Å². The van der Waals surface area contributed by atoms with Gasteiger partial charge < -0.3 is 25.5 Å². The van der Waals surface area contributed by atoms with Crippen molar-refractivity contribution in [2.75, 3.05) is 26.3 Å². The number of nitrogens with one attached hydrogen (secondary N) is 2. The lowest BCUT2D eigenvalue weighted by Crippen LogP contribution is -2.60. The second-order valence-electron chi connectivity index (χ2n) is 2.48. The van der Waals surface area contributed by atoms with E-state index >= 15 is 0 Å². The molecule has 0 aromatic rings. The number of rotatable bonds is 7. The first-order valence-corrected chi connectivity index (χ1v) is 3.88. The highest BCUT2D eigenvalue weighted by molar-refractivity contribution is 4.70. The topological polar surface area (TPSA) is 125 Å². The van der Waals surface area contributed by atoms with Crippen LogP contribution in [0.5, 0.6) is 0 Å². The molecule has 0 aliphatic rings. The monoisotopic (exact) mass is 196 g/mol. The van der Waals surface area contributed by atoms with E-state index in [4.69, 9.17) is 25.5 Å². The van der Waals surface area contributed by atoms with Crippen LogP contribution in [0.15, 0.2) is 0 Å². The summed E-state index contributed by atoms with van der Waals surface area (Å²) in [5.41, 5.74) is 0. The van der Waals surface area contributed by atoms with Gasteiger partial charge in [0.1, 0.15) is 6.17 Å². The Hall–Kier alpha value is -0.280. The summed E-state index contributed by atoms with van der Waals surface area (Å²) in [7, 11) is 0. The Morgan fingerprint density at radius 3 is 1.54 bits per heavy atom. The van der Waals surface area contributed by atoms with E-state index < -0.39 is 12.1 Å². The van der Waals surface area contributed by atoms with Crippen LogP contribution in [0.1, 0.15) is 0 Å². The first kappa shape index (κ1) is 12.7. The van der Waals surface area contributed by atoms with Gasteiger partial charge in [-0.15, -0.1) is 0 Å². The minimum absolute atomic E-state index is 0.0898. The van der Waals surface area contributed by atoms with Crippen LogP contribution >= 0.6 is 0 Å². The van der Waals surface area contributed by atoms with E-state index in [1.165, 1.54) is 0 Å². The Morgan fingerprint density at radius 2 is 1.31 bits per heavy atom. The Labute approximate surface area is 75.6 Å². The van der Waals surface area contributed by atoms with Crippen LogP contribution in [-0.2, 0) is 0 Å². The van der Waals surface area contributed by atoms with Crippen molar-refractivity contribution in [3.63, 3.8) is 0 Å². The third-order valence-corrected chi connectivity index (χ3v) is 1.31. The quantitative estimate of drug-likeness (QED) is 0.208. The predicted octanol–water partition coefficient (Wildman–Crippen LogP) is -3.89. The molecular formula is C6H16N2O5. The molecule has 0 atom stereocenters. The lowest BCUT2D eigenvalue weighted by molar-refractivity contribution is -0.331. The standard InChI is InChI=1S/C6H16N2O5/c9-3-1-7-5(6(11,12)13)8-2-4-10/h5,7-13H,1-4H2. The second-order valence-corrected chi connectivity index (χ2v) is 2.48. The van der Waals surface area contributed by atoms with E-state index in [1.54, 1.807) is 0 Å². The van der Waals surface area contributed by atoms with Crippen molar-refractivity contribution in [1.82, 2.24) is 10.6 Å². The van der Waals surface area contributed by atoms with Crippen LogP contribution < -0.4 is 10.6 Å². The zero-order valence-corrected chi connectivity index (χ0v) is 7.14. The summed E-state index contributed by atoms with van der Waals surface area (Å²) in [5, 5.41) is 47.9. The third kappa shape index (κ3) is 5.88. The molecule has 7 N–H and O–H groups in total. The first-order valence-electron chi connectivity index (χ1n) is 3.88. The average molecular weight is 196 g/mol. The van der Waals surface area contributed by atoms with E-state index in [0.717, 1.165) is 0 Å². The van der Waals surface area contributed by atoms with Gasteiger partial charge in [-0.2, -0.15) is 0 Å². The molecule has 13 heavy (non-hydrogen) atoms. The molecule has 80 valence electrons. The fraction of sp³-hybridized carbons (Fsp3) is 1.00. The minimum atomic E-state index is -2.93. The minimum Gasteiger partial charge on any atom is -0.395 e. The molecule has 0 unspecified atom stereocenters. The molecular weight excluding hydrogens is 180 g/mol. The molecule has 0 aliphatic heterocycles. The highest BCUT2D eigenvalue weighted by atomic mass is 16.7. The van der Waals surface area contributed by atoms with Crippen LogP contribution in [0, 0.1) is 0 Å². The summed E-state index contributed by atoms with van der Waals surface area (Å²) >= 11 is 0. The molecule has 0 aliphatic carbocycles. The van der Waals surface area contributed by atoms with Crippen LogP contribution in [0.2, 0.25) is 0 Å². The Kier molecular flexibility index (Phi) is 6.08. The molecule has 0 saturated carbocycles. The van der Waals surface area contributed by atoms with Crippen molar-refractivity contribution in [1.29, 1.82) is 0 Å². The van der Waals surface area contributed by atoms with Gasteiger partial charge in [-0.1, -0.05) is 0 Å². The van der Waals surface area contributed by atoms with Gasteiger partial charge in [-0.3, -0.25) is 10.6 Å². The van der Waals surface area contributed by atoms with Crippen molar-refractivity contribution in [3.8, 4) is 0 Å². The smallest absolute Gasteiger partial charge is 0.305 e. The van der Waals surface area contributed by atoms with E-state index in [-0.39, 0.29) is 26.3 Å². The maximum Gasteiger partial charge on any atom is 0.305 e. The van der Waals surface area contributed by atoms with Gasteiger partial charge in [0.15, 0.2) is 0 Å². The Bertz CT molecular complexity index is 119. The van der Waals surface area contributed by atoms with Gasteiger partial charge in [0.05, 0.1) is 13.2 Å². The normalized spacial score (nSPS) is 12.5. The molecule has 0 saturated heterocycles. The van der Waals surface area contributed by atoms with Crippen molar-refractivity contribution in [2.45, 2.75) is 12.1 Å². The zero-order valence-electron chi connectivity index (χ0n) is 7.14. The Balaban J connectivity index is 3.88. The van der Waals surface area contributed by atoms with E-state index in [0.29, 0.717) is 0 Å². The Morgan fingerprint density at radius 1 is 0.923 bits per heavy atom. The fourth-order valence-electron chi connectivity index (χ4n) is 0.764. The fourth-order valence-corrected chi connectivity index (χ4v) is 0.764. The molecule has 0 aromatic heterocycles. The van der Waals surface area contributed by atoms with E-state index in [9.17, 15) is 0 Å². The molecule has 0 spiro atoms. The molecule has 0 radical (unpaired) electrons. The maximum absolute atomic E-state index is 8.75. The van der Waals surface area contributed by atoms with Crippen LogP contribution in [0.4, 0.5) is 0 Å². The van der Waals surface area contributed by atoms with Crippen LogP contribution in [0.3, 0.4) is 0 Å². The largest absolute Gasteiger partial charge is 0.395 e. The summed E-state index contributed by atoms with van der Waals surface area (Å²) in [6.07, 6.45) is -1.22. The van der Waals surface area contributed by atoms with Gasteiger partial charge in [-0.25, -0.2) is 0 Å². The van der Waals surface area contributed by atoms with Gasteiger partial charge in [0.25, 0.3) is 0 Å². The molecule has 0 heterocycles. The highest BCUT2D eigenvalue weighted by Gasteiger charge is 2.30. The molecule has 0 amide bonds. The summed E-state index contributed by atoms with van der Waals surface area (Å²) in [4.78, 5) is 0. The van der Waals surface area contributed by atoms with Crippen molar-refractivity contribution in [3.05, 3.63) is 0 Å². The molecule has 7 heteroatoms. The van der Waals surface area contributed by atoms with Gasteiger partial charge in [0.2, 0.25) is 0 Å². The van der Waals surface area contributed by atoms with Crippen molar-refractivity contribution < 1.29 is 25.5 Å². The summed E-state index contributed by atoms with van der Waals surface area (Å²) in [6.45, 7) is -0.222. The molecule has 7 nitrogen and oxygen atoms in total. The zero-order chi connectivity index (χ0) is 10.3. The predicted molar refractivity (Wildman–Crippen MR) is 43.4 cm³/mol. The van der Waals surface area contributed by atoms with E-state index in [1.807, 2.05) is 0 Å². The number of aliphatic hydroxyl groups is 5. The van der Waals surface area contributed by atoms with Crippen LogP contribution in [0.25, 0.3) is 0 Å². The van der Waals surface area contributed by atoms with Crippen LogP contribution in [-0.4, -0.2) is 64.0 Å². The summed E-state index contributed by atoms with van der Waals surface area (Å²) < 4.78 is 0. The molecule has 0 rings (SSSR count). The lowest BCUT2D eigenvalue weighted by atomic mass is 10.4. The van der Waals surface area contributed by atoms with Gasteiger partial charge in [-0.05, 0) is 0 Å². The molecule has 0 bridgehead atoms. The summed E-state index contributed by atoms with van der Waals surface area (Å²) in [5.74, 6) is -2.93. The average Bonchev–Trinajstić information content (AvgIpc) is 2.02. The number of aliphatic hydroxyl groups excluding tert-OH is 2.